The van der Waals surface area contributed by atoms with Gasteiger partial charge in [0.25, 0.3) is 0 Å². The lowest BCUT2D eigenvalue weighted by Crippen LogP contribution is -2.54. The molecule has 1 aliphatic carbocycles. The number of anilines is 2. The molecule has 3 aromatic rings. The highest BCUT2D eigenvalue weighted by Crippen LogP contribution is 2.40. The summed E-state index contributed by atoms with van der Waals surface area (Å²) in [5.74, 6) is 5.17. The average molecular weight is 370 g/mol. The monoisotopic (exact) mass is 370 g/mol. The summed E-state index contributed by atoms with van der Waals surface area (Å²) in [6, 6.07) is 8.96. The van der Waals surface area contributed by atoms with Gasteiger partial charge in [-0.25, -0.2) is 15.0 Å². The number of terminal acetylenes is 1. The van der Waals surface area contributed by atoms with Gasteiger partial charge in [-0.05, 0) is 30.9 Å². The van der Waals surface area contributed by atoms with Crippen molar-refractivity contribution in [2.24, 2.45) is 5.41 Å². The smallest absolute Gasteiger partial charge is 0.219 e. The molecule has 140 valence electrons. The van der Waals surface area contributed by atoms with E-state index in [1.54, 1.807) is 12.4 Å². The van der Waals surface area contributed by atoms with Crippen molar-refractivity contribution in [1.82, 2.24) is 19.5 Å². The van der Waals surface area contributed by atoms with Gasteiger partial charge < -0.3 is 15.2 Å². The summed E-state index contributed by atoms with van der Waals surface area (Å²) < 4.78 is 2.34. The van der Waals surface area contributed by atoms with Gasteiger partial charge in [0.15, 0.2) is 0 Å². The second kappa shape index (κ2) is 6.10. The molecular weight excluding hydrogens is 348 g/mol. The molecule has 2 aliphatic rings. The SMILES string of the molecule is C#CC1(C)CN(c2cnc(-c3cnc(N)nc3)n2C2Cc3ccccc3C2)C1. The average Bonchev–Trinajstić information content (AvgIpc) is 3.29. The van der Waals surface area contributed by atoms with E-state index in [0.717, 1.165) is 43.1 Å². The quantitative estimate of drug-likeness (QED) is 0.718. The van der Waals surface area contributed by atoms with Crippen LogP contribution in [0, 0.1) is 17.8 Å². The zero-order valence-corrected chi connectivity index (χ0v) is 15.8. The van der Waals surface area contributed by atoms with Crippen LogP contribution in [0.5, 0.6) is 0 Å². The second-order valence-electron chi connectivity index (χ2n) is 8.03. The third kappa shape index (κ3) is 2.63. The van der Waals surface area contributed by atoms with Gasteiger partial charge in [-0.3, -0.25) is 0 Å². The highest BCUT2D eigenvalue weighted by Gasteiger charge is 2.40. The van der Waals surface area contributed by atoms with Gasteiger partial charge in [-0.15, -0.1) is 6.42 Å². The van der Waals surface area contributed by atoms with Gasteiger partial charge in [0.2, 0.25) is 5.95 Å². The lowest BCUT2D eigenvalue weighted by Gasteiger charge is -2.46. The molecular formula is C22H22N6. The minimum atomic E-state index is -0.0712. The van der Waals surface area contributed by atoms with E-state index in [1.165, 1.54) is 11.1 Å². The lowest BCUT2D eigenvalue weighted by molar-refractivity contribution is 0.332. The predicted octanol–water partition coefficient (Wildman–Crippen LogP) is 2.72. The number of imidazole rings is 1. The summed E-state index contributed by atoms with van der Waals surface area (Å²) in [5, 5.41) is 0. The second-order valence-corrected chi connectivity index (χ2v) is 8.03. The van der Waals surface area contributed by atoms with Gasteiger partial charge in [-0.1, -0.05) is 30.2 Å². The van der Waals surface area contributed by atoms with E-state index in [1.807, 2.05) is 6.20 Å². The number of benzene rings is 1. The largest absolute Gasteiger partial charge is 0.368 e. The number of nitrogens with zero attached hydrogens (tertiary/aromatic N) is 5. The molecule has 6 nitrogen and oxygen atoms in total. The van der Waals surface area contributed by atoms with E-state index in [9.17, 15) is 0 Å². The fraction of sp³-hybridized carbons (Fsp3) is 0.318. The van der Waals surface area contributed by atoms with Crippen LogP contribution in [0.3, 0.4) is 0 Å². The van der Waals surface area contributed by atoms with Gasteiger partial charge in [0, 0.05) is 31.5 Å². The van der Waals surface area contributed by atoms with Gasteiger partial charge in [-0.2, -0.15) is 0 Å². The Balaban J connectivity index is 1.56. The van der Waals surface area contributed by atoms with E-state index in [0.29, 0.717) is 6.04 Å². The first-order valence-corrected chi connectivity index (χ1v) is 9.51. The molecule has 0 unspecified atom stereocenters. The maximum atomic E-state index is 5.71. The molecule has 1 saturated heterocycles. The summed E-state index contributed by atoms with van der Waals surface area (Å²) in [7, 11) is 0. The maximum absolute atomic E-state index is 5.71. The van der Waals surface area contributed by atoms with Crippen LogP contribution in [0.2, 0.25) is 0 Å². The predicted molar refractivity (Wildman–Crippen MR) is 110 cm³/mol. The third-order valence-corrected chi connectivity index (χ3v) is 5.85. The Bertz CT molecular complexity index is 1040. The van der Waals surface area contributed by atoms with E-state index in [-0.39, 0.29) is 11.4 Å². The Morgan fingerprint density at radius 3 is 2.32 bits per heavy atom. The standard InChI is InChI=1S/C22H22N6/c1-3-22(2)13-27(14-22)19-12-24-20(17-10-25-21(23)26-11-17)28(19)18-8-15-6-4-5-7-16(15)9-18/h1,4-7,10-12,18H,8-9,13-14H2,2H3,(H2,23,25,26). The molecule has 0 radical (unpaired) electrons. The molecule has 1 aromatic carbocycles. The molecule has 3 heterocycles. The maximum Gasteiger partial charge on any atom is 0.219 e. The molecule has 0 bridgehead atoms. The first kappa shape index (κ1) is 16.8. The number of hydrogen-bond donors (Lipinski definition) is 1. The number of nitrogen functional groups attached to an aromatic ring is 1. The first-order chi connectivity index (χ1) is 13.6. The van der Waals surface area contributed by atoms with Crippen LogP contribution < -0.4 is 10.6 Å². The van der Waals surface area contributed by atoms with E-state index >= 15 is 0 Å². The molecule has 6 heteroatoms. The molecule has 0 atom stereocenters. The highest BCUT2D eigenvalue weighted by molar-refractivity contribution is 5.60. The minimum absolute atomic E-state index is 0.0712. The summed E-state index contributed by atoms with van der Waals surface area (Å²) >= 11 is 0. The van der Waals surface area contributed by atoms with Crippen molar-refractivity contribution >= 4 is 11.8 Å². The number of nitrogens with two attached hydrogens (primary N) is 1. The molecule has 28 heavy (non-hydrogen) atoms. The molecule has 0 spiro atoms. The van der Waals surface area contributed by atoms with Gasteiger partial charge >= 0.3 is 0 Å². The Hall–Kier alpha value is -3.33. The topological polar surface area (TPSA) is 72.9 Å². The zero-order valence-electron chi connectivity index (χ0n) is 15.8. The van der Waals surface area contributed by atoms with Crippen LogP contribution in [0.1, 0.15) is 24.1 Å². The fourth-order valence-electron chi connectivity index (χ4n) is 4.38. The molecule has 1 fully saturated rings. The van der Waals surface area contributed by atoms with Crippen molar-refractivity contribution in [3.05, 3.63) is 54.0 Å². The van der Waals surface area contributed by atoms with E-state index in [4.69, 9.17) is 17.1 Å². The van der Waals surface area contributed by atoms with Crippen molar-refractivity contribution in [2.75, 3.05) is 23.7 Å². The number of aromatic nitrogens is 4. The summed E-state index contributed by atoms with van der Waals surface area (Å²) in [6.07, 6.45) is 13.1. The van der Waals surface area contributed by atoms with Crippen LogP contribution in [0.4, 0.5) is 11.8 Å². The van der Waals surface area contributed by atoms with Crippen molar-refractivity contribution in [3.8, 4) is 23.7 Å². The molecule has 2 aromatic heterocycles. The number of hydrogen-bond acceptors (Lipinski definition) is 5. The van der Waals surface area contributed by atoms with Crippen LogP contribution in [0.25, 0.3) is 11.4 Å². The number of rotatable bonds is 3. The van der Waals surface area contributed by atoms with Crippen LogP contribution in [0.15, 0.2) is 42.9 Å². The van der Waals surface area contributed by atoms with Gasteiger partial charge in [0.05, 0.1) is 17.2 Å². The van der Waals surface area contributed by atoms with Crippen LogP contribution in [-0.2, 0) is 12.8 Å². The first-order valence-electron chi connectivity index (χ1n) is 9.51. The summed E-state index contributed by atoms with van der Waals surface area (Å²) in [5.41, 5.74) is 9.29. The van der Waals surface area contributed by atoms with Crippen molar-refractivity contribution in [3.63, 3.8) is 0 Å². The molecule has 2 N–H and O–H groups in total. The van der Waals surface area contributed by atoms with E-state index < -0.39 is 0 Å². The fourth-order valence-corrected chi connectivity index (χ4v) is 4.38. The zero-order chi connectivity index (χ0) is 19.3. The third-order valence-electron chi connectivity index (χ3n) is 5.85. The van der Waals surface area contributed by atoms with Crippen molar-refractivity contribution in [2.45, 2.75) is 25.8 Å². The number of fused-ring (bicyclic) bond motifs is 1. The van der Waals surface area contributed by atoms with Crippen LogP contribution in [-0.4, -0.2) is 32.6 Å². The van der Waals surface area contributed by atoms with Gasteiger partial charge in [0.1, 0.15) is 11.6 Å². The Morgan fingerprint density at radius 2 is 1.71 bits per heavy atom. The van der Waals surface area contributed by atoms with Crippen molar-refractivity contribution < 1.29 is 0 Å². The lowest BCUT2D eigenvalue weighted by atomic mass is 9.83. The van der Waals surface area contributed by atoms with Crippen LogP contribution >= 0.6 is 0 Å². The molecule has 1 aliphatic heterocycles. The Labute approximate surface area is 164 Å². The Morgan fingerprint density at radius 1 is 1.07 bits per heavy atom. The molecule has 5 rings (SSSR count). The summed E-state index contributed by atoms with van der Waals surface area (Å²) in [6.45, 7) is 3.81. The summed E-state index contributed by atoms with van der Waals surface area (Å²) in [4.78, 5) is 15.4. The molecule has 0 saturated carbocycles. The van der Waals surface area contributed by atoms with E-state index in [2.05, 4.69) is 56.5 Å². The Kier molecular flexibility index (Phi) is 3.66. The minimum Gasteiger partial charge on any atom is -0.368 e. The normalized spacial score (nSPS) is 17.8. The molecule has 0 amide bonds. The highest BCUT2D eigenvalue weighted by atomic mass is 15.3. The van der Waals surface area contributed by atoms with Crippen molar-refractivity contribution in [1.29, 1.82) is 0 Å².